The molecule has 2 amide bonds. The predicted octanol–water partition coefficient (Wildman–Crippen LogP) is 2.04. The van der Waals surface area contributed by atoms with E-state index in [1.807, 2.05) is 6.92 Å². The molecule has 0 radical (unpaired) electrons. The highest BCUT2D eigenvalue weighted by Gasteiger charge is 2.23. The molecule has 1 aliphatic rings. The molecule has 0 aromatic heterocycles. The molecular formula is C16H21ClN2O3. The largest absolute Gasteiger partial charge is 0.494 e. The number of likely N-dealkylation sites (tertiary alicyclic amines) is 1. The lowest BCUT2D eigenvalue weighted by molar-refractivity contribution is -0.129. The topological polar surface area (TPSA) is 58.6 Å². The van der Waals surface area contributed by atoms with Crippen molar-refractivity contribution in [2.45, 2.75) is 25.8 Å². The fourth-order valence-corrected chi connectivity index (χ4v) is 2.66. The van der Waals surface area contributed by atoms with Crippen LogP contribution in [0.4, 0.5) is 0 Å². The molecule has 1 aliphatic heterocycles. The number of rotatable bonds is 5. The third-order valence-corrected chi connectivity index (χ3v) is 3.95. The summed E-state index contributed by atoms with van der Waals surface area (Å²) in [5, 5.41) is 3.01. The van der Waals surface area contributed by atoms with Gasteiger partial charge in [-0.3, -0.25) is 9.59 Å². The van der Waals surface area contributed by atoms with Crippen LogP contribution in [0.1, 0.15) is 30.1 Å². The molecule has 0 unspecified atom stereocenters. The summed E-state index contributed by atoms with van der Waals surface area (Å²) in [6.45, 7) is 3.80. The van der Waals surface area contributed by atoms with Crippen molar-refractivity contribution in [3.63, 3.8) is 0 Å². The van der Waals surface area contributed by atoms with Gasteiger partial charge in [-0.2, -0.15) is 0 Å². The standard InChI is InChI=1S/C16H21ClN2O3/c1-2-22-14-5-3-12(4-6-14)16(21)18-13-7-9-19(10-8-13)15(20)11-17/h3-6,13H,2,7-11H2,1H3,(H,18,21). The van der Waals surface area contributed by atoms with Crippen molar-refractivity contribution in [1.29, 1.82) is 0 Å². The van der Waals surface area contributed by atoms with E-state index in [1.165, 1.54) is 0 Å². The van der Waals surface area contributed by atoms with Crippen LogP contribution >= 0.6 is 11.6 Å². The van der Waals surface area contributed by atoms with Crippen LogP contribution in [-0.2, 0) is 4.79 Å². The van der Waals surface area contributed by atoms with E-state index in [4.69, 9.17) is 16.3 Å². The predicted molar refractivity (Wildman–Crippen MR) is 85.4 cm³/mol. The van der Waals surface area contributed by atoms with Crippen molar-refractivity contribution in [2.75, 3.05) is 25.6 Å². The Labute approximate surface area is 135 Å². The van der Waals surface area contributed by atoms with Crippen molar-refractivity contribution in [3.05, 3.63) is 29.8 Å². The zero-order valence-electron chi connectivity index (χ0n) is 12.7. The number of alkyl halides is 1. The van der Waals surface area contributed by atoms with Gasteiger partial charge in [0, 0.05) is 24.7 Å². The van der Waals surface area contributed by atoms with Gasteiger partial charge in [-0.25, -0.2) is 0 Å². The van der Waals surface area contributed by atoms with Crippen LogP contribution in [0.5, 0.6) is 5.75 Å². The molecule has 1 fully saturated rings. The zero-order valence-corrected chi connectivity index (χ0v) is 13.4. The maximum atomic E-state index is 12.2. The molecular weight excluding hydrogens is 304 g/mol. The SMILES string of the molecule is CCOc1ccc(C(=O)NC2CCN(C(=O)CCl)CC2)cc1. The molecule has 1 heterocycles. The number of carbonyl (C=O) groups is 2. The Hall–Kier alpha value is -1.75. The first kappa shape index (κ1) is 16.6. The Morgan fingerprint density at radius 3 is 2.45 bits per heavy atom. The van der Waals surface area contributed by atoms with Crippen LogP contribution in [0.15, 0.2) is 24.3 Å². The van der Waals surface area contributed by atoms with E-state index in [9.17, 15) is 9.59 Å². The fourth-order valence-electron chi connectivity index (χ4n) is 2.50. The molecule has 120 valence electrons. The number of carbonyl (C=O) groups excluding carboxylic acids is 2. The number of ether oxygens (including phenoxy) is 1. The van der Waals surface area contributed by atoms with Crippen LogP contribution in [0.25, 0.3) is 0 Å². The molecule has 1 aromatic carbocycles. The minimum Gasteiger partial charge on any atom is -0.494 e. The maximum Gasteiger partial charge on any atom is 0.251 e. The second-order valence-electron chi connectivity index (χ2n) is 5.22. The monoisotopic (exact) mass is 324 g/mol. The normalized spacial score (nSPS) is 15.5. The van der Waals surface area contributed by atoms with Gasteiger partial charge in [0.25, 0.3) is 5.91 Å². The van der Waals surface area contributed by atoms with E-state index < -0.39 is 0 Å². The van der Waals surface area contributed by atoms with Crippen molar-refractivity contribution < 1.29 is 14.3 Å². The van der Waals surface area contributed by atoms with Crippen molar-refractivity contribution in [1.82, 2.24) is 10.2 Å². The lowest BCUT2D eigenvalue weighted by Crippen LogP contribution is -2.46. The number of nitrogens with one attached hydrogen (secondary N) is 1. The Kier molecular flexibility index (Phi) is 6.07. The number of amides is 2. The van der Waals surface area contributed by atoms with E-state index in [2.05, 4.69) is 5.32 Å². The van der Waals surface area contributed by atoms with Gasteiger partial charge in [0.15, 0.2) is 0 Å². The minimum atomic E-state index is -0.0924. The Morgan fingerprint density at radius 1 is 1.27 bits per heavy atom. The van der Waals surface area contributed by atoms with Crippen LogP contribution < -0.4 is 10.1 Å². The summed E-state index contributed by atoms with van der Waals surface area (Å²) < 4.78 is 5.36. The van der Waals surface area contributed by atoms with Gasteiger partial charge in [-0.05, 0) is 44.0 Å². The Balaban J connectivity index is 1.84. The minimum absolute atomic E-state index is 0.0171. The van der Waals surface area contributed by atoms with Crippen LogP contribution in [-0.4, -0.2) is 48.3 Å². The molecule has 1 saturated heterocycles. The summed E-state index contributed by atoms with van der Waals surface area (Å²) in [4.78, 5) is 25.4. The number of halogens is 1. The highest BCUT2D eigenvalue weighted by atomic mass is 35.5. The van der Waals surface area contributed by atoms with Gasteiger partial charge < -0.3 is 15.0 Å². The maximum absolute atomic E-state index is 12.2. The quantitative estimate of drug-likeness (QED) is 0.843. The first-order chi connectivity index (χ1) is 10.6. The van der Waals surface area contributed by atoms with Gasteiger partial charge >= 0.3 is 0 Å². The number of piperidine rings is 1. The highest BCUT2D eigenvalue weighted by molar-refractivity contribution is 6.27. The van der Waals surface area contributed by atoms with Gasteiger partial charge in [0.05, 0.1) is 6.61 Å². The number of hydrogen-bond donors (Lipinski definition) is 1. The van der Waals surface area contributed by atoms with E-state index in [-0.39, 0.29) is 23.7 Å². The van der Waals surface area contributed by atoms with Crippen LogP contribution in [0.2, 0.25) is 0 Å². The van der Waals surface area contributed by atoms with Crippen molar-refractivity contribution in [2.24, 2.45) is 0 Å². The molecule has 2 rings (SSSR count). The first-order valence-corrected chi connectivity index (χ1v) is 8.05. The van der Waals surface area contributed by atoms with Crippen LogP contribution in [0.3, 0.4) is 0 Å². The molecule has 0 spiro atoms. The first-order valence-electron chi connectivity index (χ1n) is 7.51. The van der Waals surface area contributed by atoms with E-state index in [0.717, 1.165) is 18.6 Å². The van der Waals surface area contributed by atoms with Gasteiger partial charge in [0.2, 0.25) is 5.91 Å². The third kappa shape index (κ3) is 4.37. The molecule has 0 bridgehead atoms. The number of nitrogens with zero attached hydrogens (tertiary/aromatic N) is 1. The second-order valence-corrected chi connectivity index (χ2v) is 5.49. The third-order valence-electron chi connectivity index (χ3n) is 3.72. The summed E-state index contributed by atoms with van der Waals surface area (Å²) in [6.07, 6.45) is 1.51. The van der Waals surface area contributed by atoms with Gasteiger partial charge in [0.1, 0.15) is 11.6 Å². The van der Waals surface area contributed by atoms with Gasteiger partial charge in [-0.15, -0.1) is 11.6 Å². The smallest absolute Gasteiger partial charge is 0.251 e. The van der Waals surface area contributed by atoms with E-state index in [1.54, 1.807) is 29.2 Å². The molecule has 0 aliphatic carbocycles. The van der Waals surface area contributed by atoms with Crippen molar-refractivity contribution >= 4 is 23.4 Å². The fraction of sp³-hybridized carbons (Fsp3) is 0.500. The molecule has 0 atom stereocenters. The Bertz CT molecular complexity index is 511. The molecule has 1 N–H and O–H groups in total. The average Bonchev–Trinajstić information content (AvgIpc) is 2.55. The number of hydrogen-bond acceptors (Lipinski definition) is 3. The molecule has 5 nitrogen and oxygen atoms in total. The summed E-state index contributed by atoms with van der Waals surface area (Å²) in [6, 6.07) is 7.19. The average molecular weight is 325 g/mol. The summed E-state index contributed by atoms with van der Waals surface area (Å²) in [5.74, 6) is 0.638. The molecule has 22 heavy (non-hydrogen) atoms. The molecule has 6 heteroatoms. The van der Waals surface area contributed by atoms with Gasteiger partial charge in [-0.1, -0.05) is 0 Å². The number of benzene rings is 1. The Morgan fingerprint density at radius 2 is 1.91 bits per heavy atom. The zero-order chi connectivity index (χ0) is 15.9. The second kappa shape index (κ2) is 8.03. The summed E-state index contributed by atoms with van der Waals surface area (Å²) in [7, 11) is 0. The lowest BCUT2D eigenvalue weighted by Gasteiger charge is -2.32. The van der Waals surface area contributed by atoms with Crippen LogP contribution in [0, 0.1) is 0 Å². The summed E-state index contributed by atoms with van der Waals surface area (Å²) in [5.41, 5.74) is 0.614. The molecule has 1 aromatic rings. The molecule has 0 saturated carbocycles. The van der Waals surface area contributed by atoms with E-state index >= 15 is 0 Å². The van der Waals surface area contributed by atoms with Crippen molar-refractivity contribution in [3.8, 4) is 5.75 Å². The summed E-state index contributed by atoms with van der Waals surface area (Å²) >= 11 is 5.55. The lowest BCUT2D eigenvalue weighted by atomic mass is 10.0. The van der Waals surface area contributed by atoms with E-state index in [0.29, 0.717) is 25.3 Å². The highest BCUT2D eigenvalue weighted by Crippen LogP contribution is 2.14.